The number of carbonyl (C=O) groups excluding carboxylic acids is 1. The molecule has 7 nitrogen and oxygen atoms in total. The lowest BCUT2D eigenvalue weighted by atomic mass is 10.1. The Morgan fingerprint density at radius 2 is 2.24 bits per heavy atom. The number of rotatable bonds is 5. The minimum atomic E-state index is -1.13. The number of hydrogen-bond acceptors (Lipinski definition) is 4. The largest absolute Gasteiger partial charge is 0.479 e. The Kier molecular flexibility index (Phi) is 4.32. The maximum absolute atomic E-state index is 12.0. The van der Waals surface area contributed by atoms with Crippen LogP contribution in [0, 0.1) is 6.92 Å². The average Bonchev–Trinajstić information content (AvgIpc) is 2.85. The zero-order valence-electron chi connectivity index (χ0n) is 11.8. The fourth-order valence-corrected chi connectivity index (χ4v) is 1.94. The predicted octanol–water partition coefficient (Wildman–Crippen LogP) is 0.608. The first-order valence-electron chi connectivity index (χ1n) is 6.38. The van der Waals surface area contributed by atoms with Crippen LogP contribution in [0.1, 0.15) is 22.9 Å². The van der Waals surface area contributed by atoms with E-state index in [1.165, 1.54) is 10.9 Å². The van der Waals surface area contributed by atoms with Gasteiger partial charge in [-0.15, -0.1) is 0 Å². The van der Waals surface area contributed by atoms with Crippen LogP contribution < -0.4 is 5.32 Å². The fourth-order valence-electron chi connectivity index (χ4n) is 1.94. The van der Waals surface area contributed by atoms with Crippen LogP contribution in [0.15, 0.2) is 30.7 Å². The number of nitrogens with one attached hydrogen (secondary N) is 1. The van der Waals surface area contributed by atoms with E-state index in [9.17, 15) is 14.7 Å². The normalized spacial score (nSPS) is 11.9. The highest BCUT2D eigenvalue weighted by molar-refractivity contribution is 5.85. The van der Waals surface area contributed by atoms with Gasteiger partial charge in [0.1, 0.15) is 0 Å². The van der Waals surface area contributed by atoms with Crippen LogP contribution in [0.4, 0.5) is 0 Å². The summed E-state index contributed by atoms with van der Waals surface area (Å²) < 4.78 is 1.49. The molecule has 0 aliphatic rings. The molecule has 2 aromatic heterocycles. The van der Waals surface area contributed by atoms with Gasteiger partial charge in [-0.25, -0.2) is 4.79 Å². The Balaban J connectivity index is 2.09. The highest BCUT2D eigenvalue weighted by Gasteiger charge is 2.23. The van der Waals surface area contributed by atoms with E-state index in [4.69, 9.17) is 0 Å². The Hall–Kier alpha value is -2.70. The number of aromatic nitrogens is 3. The average molecular weight is 288 g/mol. The summed E-state index contributed by atoms with van der Waals surface area (Å²) in [7, 11) is 1.68. The summed E-state index contributed by atoms with van der Waals surface area (Å²) >= 11 is 0. The first-order valence-corrected chi connectivity index (χ1v) is 6.38. The van der Waals surface area contributed by atoms with E-state index in [2.05, 4.69) is 15.4 Å². The number of nitrogens with zero attached hydrogens (tertiary/aromatic N) is 3. The lowest BCUT2D eigenvalue weighted by Crippen LogP contribution is -2.34. The number of pyridine rings is 1. The standard InChI is InChI=1S/C14H16N4O3/c1-9-4-3-5-15-11(9)6-12(19)17-13(14(20)21)10-7-16-18(2)8-10/h3-5,7-8,13H,6H2,1-2H3,(H,17,19)(H,20,21). The molecule has 0 aliphatic heterocycles. The van der Waals surface area contributed by atoms with E-state index >= 15 is 0 Å². The molecular weight excluding hydrogens is 272 g/mol. The topological polar surface area (TPSA) is 97.1 Å². The second-order valence-electron chi connectivity index (χ2n) is 4.73. The molecule has 0 aliphatic carbocycles. The van der Waals surface area contributed by atoms with E-state index < -0.39 is 17.9 Å². The number of carbonyl (C=O) groups is 2. The minimum Gasteiger partial charge on any atom is -0.479 e. The summed E-state index contributed by atoms with van der Waals surface area (Å²) in [5.74, 6) is -1.53. The Morgan fingerprint density at radius 3 is 2.81 bits per heavy atom. The van der Waals surface area contributed by atoms with Crippen molar-refractivity contribution in [3.8, 4) is 0 Å². The number of amides is 1. The molecule has 2 aromatic rings. The van der Waals surface area contributed by atoms with Crippen molar-refractivity contribution < 1.29 is 14.7 Å². The number of aliphatic carboxylic acids is 1. The molecule has 0 fully saturated rings. The zero-order valence-corrected chi connectivity index (χ0v) is 11.8. The third-order valence-corrected chi connectivity index (χ3v) is 3.06. The molecule has 0 saturated carbocycles. The van der Waals surface area contributed by atoms with Gasteiger partial charge in [-0.05, 0) is 18.6 Å². The van der Waals surface area contributed by atoms with Crippen molar-refractivity contribution >= 4 is 11.9 Å². The molecule has 110 valence electrons. The third kappa shape index (κ3) is 3.65. The van der Waals surface area contributed by atoms with E-state index in [1.807, 2.05) is 13.0 Å². The van der Waals surface area contributed by atoms with Gasteiger partial charge >= 0.3 is 5.97 Å². The summed E-state index contributed by atoms with van der Waals surface area (Å²) in [5.41, 5.74) is 1.95. The van der Waals surface area contributed by atoms with Crippen molar-refractivity contribution in [3.63, 3.8) is 0 Å². The summed E-state index contributed by atoms with van der Waals surface area (Å²) in [6.07, 6.45) is 4.62. The molecule has 21 heavy (non-hydrogen) atoms. The molecule has 0 saturated heterocycles. The predicted molar refractivity (Wildman–Crippen MR) is 74.4 cm³/mol. The van der Waals surface area contributed by atoms with Crippen molar-refractivity contribution in [2.75, 3.05) is 0 Å². The van der Waals surface area contributed by atoms with Gasteiger partial charge in [0.2, 0.25) is 5.91 Å². The molecule has 0 spiro atoms. The Labute approximate surface area is 121 Å². The van der Waals surface area contributed by atoms with Crippen LogP contribution in [0.3, 0.4) is 0 Å². The maximum Gasteiger partial charge on any atom is 0.331 e. The zero-order chi connectivity index (χ0) is 15.4. The number of hydrogen-bond donors (Lipinski definition) is 2. The van der Waals surface area contributed by atoms with Gasteiger partial charge in [0, 0.05) is 25.0 Å². The summed E-state index contributed by atoms with van der Waals surface area (Å²) in [6.45, 7) is 1.85. The van der Waals surface area contributed by atoms with Crippen LogP contribution in [-0.4, -0.2) is 31.7 Å². The lowest BCUT2D eigenvalue weighted by Gasteiger charge is -2.13. The van der Waals surface area contributed by atoms with E-state index in [-0.39, 0.29) is 6.42 Å². The highest BCUT2D eigenvalue weighted by Crippen LogP contribution is 2.12. The van der Waals surface area contributed by atoms with Crippen LogP contribution in [-0.2, 0) is 23.1 Å². The van der Waals surface area contributed by atoms with Crippen molar-refractivity contribution in [2.45, 2.75) is 19.4 Å². The molecule has 1 unspecified atom stereocenters. The maximum atomic E-state index is 12.0. The molecule has 2 N–H and O–H groups in total. The quantitative estimate of drug-likeness (QED) is 0.840. The molecule has 2 rings (SSSR count). The number of carboxylic acids is 1. The van der Waals surface area contributed by atoms with Gasteiger partial charge in [-0.2, -0.15) is 5.10 Å². The Bertz CT molecular complexity index is 666. The van der Waals surface area contributed by atoms with Gasteiger partial charge in [-0.3, -0.25) is 14.5 Å². The van der Waals surface area contributed by atoms with Gasteiger partial charge in [0.15, 0.2) is 6.04 Å². The van der Waals surface area contributed by atoms with Gasteiger partial charge in [0.05, 0.1) is 18.3 Å². The fraction of sp³-hybridized carbons (Fsp3) is 0.286. The molecule has 7 heteroatoms. The van der Waals surface area contributed by atoms with Gasteiger partial charge in [0.25, 0.3) is 0 Å². The van der Waals surface area contributed by atoms with Crippen molar-refractivity contribution in [1.29, 1.82) is 0 Å². The molecule has 1 amide bonds. The van der Waals surface area contributed by atoms with Gasteiger partial charge < -0.3 is 10.4 Å². The highest BCUT2D eigenvalue weighted by atomic mass is 16.4. The van der Waals surface area contributed by atoms with E-state index in [0.717, 1.165) is 5.56 Å². The van der Waals surface area contributed by atoms with E-state index in [1.54, 1.807) is 25.5 Å². The van der Waals surface area contributed by atoms with Crippen LogP contribution in [0.5, 0.6) is 0 Å². The molecule has 2 heterocycles. The molecule has 0 aromatic carbocycles. The number of aryl methyl sites for hydroxylation is 2. The molecule has 0 bridgehead atoms. The molecular formula is C14H16N4O3. The van der Waals surface area contributed by atoms with Crippen molar-refractivity contribution in [3.05, 3.63) is 47.5 Å². The lowest BCUT2D eigenvalue weighted by molar-refractivity contribution is -0.142. The monoisotopic (exact) mass is 288 g/mol. The third-order valence-electron chi connectivity index (χ3n) is 3.06. The first-order chi connectivity index (χ1) is 9.97. The SMILES string of the molecule is Cc1cccnc1CC(=O)NC(C(=O)O)c1cnn(C)c1. The Morgan fingerprint density at radius 1 is 1.48 bits per heavy atom. The second-order valence-corrected chi connectivity index (χ2v) is 4.73. The van der Waals surface area contributed by atoms with Crippen LogP contribution >= 0.6 is 0 Å². The van der Waals surface area contributed by atoms with E-state index in [0.29, 0.717) is 11.3 Å². The number of carboxylic acid groups (broad SMARTS) is 1. The second kappa shape index (κ2) is 6.17. The summed E-state index contributed by atoms with van der Waals surface area (Å²) in [5, 5.41) is 15.6. The molecule has 0 radical (unpaired) electrons. The summed E-state index contributed by atoms with van der Waals surface area (Å²) in [4.78, 5) is 27.4. The van der Waals surface area contributed by atoms with Crippen molar-refractivity contribution in [1.82, 2.24) is 20.1 Å². The first kappa shape index (κ1) is 14.7. The minimum absolute atomic E-state index is 0.0384. The van der Waals surface area contributed by atoms with Crippen molar-refractivity contribution in [2.24, 2.45) is 7.05 Å². The van der Waals surface area contributed by atoms with Crippen LogP contribution in [0.2, 0.25) is 0 Å². The van der Waals surface area contributed by atoms with Crippen LogP contribution in [0.25, 0.3) is 0 Å². The molecule has 1 atom stereocenters. The smallest absolute Gasteiger partial charge is 0.331 e. The van der Waals surface area contributed by atoms with Gasteiger partial charge in [-0.1, -0.05) is 6.07 Å². The summed E-state index contributed by atoms with van der Waals surface area (Å²) in [6, 6.07) is 2.52.